The number of aryl methyl sites for hydroxylation is 1. The number of rotatable bonds is 5. The molecule has 0 bridgehead atoms. The third kappa shape index (κ3) is 4.21. The van der Waals surface area contributed by atoms with Crippen molar-refractivity contribution in [3.63, 3.8) is 0 Å². The number of hydrogen-bond donors (Lipinski definition) is 0. The Morgan fingerprint density at radius 3 is 2.68 bits per heavy atom. The Labute approximate surface area is 207 Å². The Balaban J connectivity index is 1.67. The van der Waals surface area contributed by atoms with Gasteiger partial charge in [-0.05, 0) is 55.1 Å². The Bertz CT molecular complexity index is 1380. The van der Waals surface area contributed by atoms with Crippen molar-refractivity contribution < 1.29 is 4.79 Å². The Kier molecular flexibility index (Phi) is 6.39. The van der Waals surface area contributed by atoms with Crippen molar-refractivity contribution in [2.75, 3.05) is 6.54 Å². The lowest BCUT2D eigenvalue weighted by Gasteiger charge is -2.25. The fourth-order valence-electron chi connectivity index (χ4n) is 4.49. The van der Waals surface area contributed by atoms with Crippen LogP contribution in [0.1, 0.15) is 44.4 Å². The van der Waals surface area contributed by atoms with Gasteiger partial charge in [-0.2, -0.15) is 0 Å². The Morgan fingerprint density at radius 1 is 1.15 bits per heavy atom. The van der Waals surface area contributed by atoms with Crippen molar-refractivity contribution in [2.45, 2.75) is 37.0 Å². The van der Waals surface area contributed by atoms with Gasteiger partial charge in [0.25, 0.3) is 5.91 Å². The van der Waals surface area contributed by atoms with E-state index in [1.807, 2.05) is 38.1 Å². The second-order valence-corrected chi connectivity index (χ2v) is 10.5. The number of hydrogen-bond acceptors (Lipinski definition) is 5. The largest absolute Gasteiger partial charge is 0.334 e. The summed E-state index contributed by atoms with van der Waals surface area (Å²) in [5.41, 5.74) is 3.70. The molecular weight excluding hydrogens is 462 g/mol. The highest BCUT2D eigenvalue weighted by Gasteiger charge is 2.31. The molecule has 4 aromatic rings. The van der Waals surface area contributed by atoms with Crippen LogP contribution >= 0.6 is 23.1 Å². The number of thiophene rings is 1. The molecule has 1 unspecified atom stereocenters. The standard InChI is InChI=1S/C27H25N3O2S2/c1-3-29(17-19-10-12-28-13-11-19)27(32)26-21-16-25(24-9-6-14-33-24)34-23-8-5-4-7-20(23)30(21)18(2)15-22(26)31/h4-15,25H,3,16-17H2,1-2H3. The van der Waals surface area contributed by atoms with Crippen LogP contribution in [0.2, 0.25) is 0 Å². The molecule has 4 heterocycles. The zero-order valence-electron chi connectivity index (χ0n) is 19.1. The quantitative estimate of drug-likeness (QED) is 0.365. The SMILES string of the molecule is CCN(Cc1ccncc1)C(=O)c1c2n(c(C)cc1=O)-c1ccccc1SC(c1cccs1)C2. The van der Waals surface area contributed by atoms with Gasteiger partial charge in [0.2, 0.25) is 0 Å². The van der Waals surface area contributed by atoms with Gasteiger partial charge in [-0.1, -0.05) is 18.2 Å². The first-order valence-corrected chi connectivity index (χ1v) is 13.1. The molecule has 1 aliphatic rings. The molecule has 172 valence electrons. The van der Waals surface area contributed by atoms with Crippen LogP contribution in [0, 0.1) is 6.92 Å². The second kappa shape index (κ2) is 9.60. The predicted molar refractivity (Wildman–Crippen MR) is 138 cm³/mol. The zero-order chi connectivity index (χ0) is 23.7. The van der Waals surface area contributed by atoms with Crippen molar-refractivity contribution in [1.82, 2.24) is 14.5 Å². The molecule has 1 amide bonds. The first-order chi connectivity index (χ1) is 16.6. The number of carbonyl (C=O) groups excluding carboxylic acids is 1. The number of carbonyl (C=O) groups is 1. The van der Waals surface area contributed by atoms with Crippen LogP contribution in [-0.2, 0) is 13.0 Å². The van der Waals surface area contributed by atoms with E-state index in [1.165, 1.54) is 4.88 Å². The van der Waals surface area contributed by atoms with Crippen molar-refractivity contribution in [3.05, 3.63) is 110 Å². The molecule has 0 saturated heterocycles. The molecule has 5 rings (SSSR count). The number of amides is 1. The summed E-state index contributed by atoms with van der Waals surface area (Å²) in [5, 5.41) is 2.20. The molecule has 0 radical (unpaired) electrons. The molecule has 0 fully saturated rings. The number of nitrogens with zero attached hydrogens (tertiary/aromatic N) is 3. The highest BCUT2D eigenvalue weighted by atomic mass is 32.2. The molecule has 1 aromatic carbocycles. The smallest absolute Gasteiger partial charge is 0.259 e. The zero-order valence-corrected chi connectivity index (χ0v) is 20.7. The Hall–Kier alpha value is -3.16. The van der Waals surface area contributed by atoms with E-state index < -0.39 is 0 Å². The monoisotopic (exact) mass is 487 g/mol. The summed E-state index contributed by atoms with van der Waals surface area (Å²) in [4.78, 5) is 35.5. The van der Waals surface area contributed by atoms with Crippen molar-refractivity contribution in [3.8, 4) is 5.69 Å². The van der Waals surface area contributed by atoms with E-state index >= 15 is 0 Å². The van der Waals surface area contributed by atoms with E-state index in [4.69, 9.17) is 0 Å². The van der Waals surface area contributed by atoms with Gasteiger partial charge < -0.3 is 9.47 Å². The lowest BCUT2D eigenvalue weighted by molar-refractivity contribution is 0.0749. The van der Waals surface area contributed by atoms with Crippen LogP contribution in [0.4, 0.5) is 0 Å². The van der Waals surface area contributed by atoms with Crippen LogP contribution in [0.5, 0.6) is 0 Å². The summed E-state index contributed by atoms with van der Waals surface area (Å²) >= 11 is 3.51. The summed E-state index contributed by atoms with van der Waals surface area (Å²) in [6, 6.07) is 17.8. The maximum atomic E-state index is 13.9. The van der Waals surface area contributed by atoms with Crippen molar-refractivity contribution >= 4 is 29.0 Å². The van der Waals surface area contributed by atoms with Gasteiger partial charge in [-0.15, -0.1) is 23.1 Å². The molecule has 1 aliphatic heterocycles. The van der Waals surface area contributed by atoms with Gasteiger partial charge in [0.15, 0.2) is 5.43 Å². The number of benzene rings is 1. The predicted octanol–water partition coefficient (Wildman–Crippen LogP) is 5.65. The molecule has 5 nitrogen and oxygen atoms in total. The van der Waals surface area contributed by atoms with Crippen LogP contribution in [-0.4, -0.2) is 26.9 Å². The minimum atomic E-state index is -0.220. The lowest BCUT2D eigenvalue weighted by Crippen LogP contribution is -2.36. The molecule has 7 heteroatoms. The summed E-state index contributed by atoms with van der Waals surface area (Å²) in [6.07, 6.45) is 4.05. The van der Waals surface area contributed by atoms with Gasteiger partial charge in [0.1, 0.15) is 5.56 Å². The molecule has 0 saturated carbocycles. The number of pyridine rings is 2. The average Bonchev–Trinajstić information content (AvgIpc) is 3.32. The molecule has 3 aromatic heterocycles. The fraction of sp³-hybridized carbons (Fsp3) is 0.222. The topological polar surface area (TPSA) is 55.2 Å². The second-order valence-electron chi connectivity index (χ2n) is 8.28. The molecular formula is C27H25N3O2S2. The minimum Gasteiger partial charge on any atom is -0.334 e. The highest BCUT2D eigenvalue weighted by molar-refractivity contribution is 7.99. The summed E-state index contributed by atoms with van der Waals surface area (Å²) in [7, 11) is 0. The average molecular weight is 488 g/mol. The van der Waals surface area contributed by atoms with Gasteiger partial charge in [0, 0.05) is 64.4 Å². The molecule has 34 heavy (non-hydrogen) atoms. The van der Waals surface area contributed by atoms with Crippen molar-refractivity contribution in [2.24, 2.45) is 0 Å². The van der Waals surface area contributed by atoms with Crippen LogP contribution in [0.15, 0.2) is 82.1 Å². The van der Waals surface area contributed by atoms with Crippen molar-refractivity contribution in [1.29, 1.82) is 0 Å². The van der Waals surface area contributed by atoms with Gasteiger partial charge in [0.05, 0.1) is 5.69 Å². The van der Waals surface area contributed by atoms with E-state index in [0.29, 0.717) is 19.5 Å². The fourth-order valence-corrected chi connectivity index (χ4v) is 6.69. The van der Waals surface area contributed by atoms with Crippen LogP contribution in [0.3, 0.4) is 0 Å². The molecule has 1 atom stereocenters. The normalized spacial score (nSPS) is 14.7. The summed E-state index contributed by atoms with van der Waals surface area (Å²) in [5.74, 6) is -0.220. The van der Waals surface area contributed by atoms with E-state index in [1.54, 1.807) is 46.5 Å². The maximum absolute atomic E-state index is 13.9. The third-order valence-corrected chi connectivity index (χ3v) is 8.56. The summed E-state index contributed by atoms with van der Waals surface area (Å²) in [6.45, 7) is 4.84. The third-order valence-electron chi connectivity index (χ3n) is 6.12. The van der Waals surface area contributed by atoms with Crippen LogP contribution < -0.4 is 5.43 Å². The van der Waals surface area contributed by atoms with Gasteiger partial charge in [-0.3, -0.25) is 14.6 Å². The molecule has 0 N–H and O–H groups in total. The maximum Gasteiger partial charge on any atom is 0.259 e. The van der Waals surface area contributed by atoms with Gasteiger partial charge in [-0.25, -0.2) is 0 Å². The molecule has 0 spiro atoms. The van der Waals surface area contributed by atoms with Gasteiger partial charge >= 0.3 is 0 Å². The van der Waals surface area contributed by atoms with E-state index in [-0.39, 0.29) is 22.1 Å². The number of aromatic nitrogens is 2. The first-order valence-electron chi connectivity index (χ1n) is 11.3. The lowest BCUT2D eigenvalue weighted by atomic mass is 10.0. The number of fused-ring (bicyclic) bond motifs is 3. The number of para-hydroxylation sites is 1. The number of thioether (sulfide) groups is 1. The van der Waals surface area contributed by atoms with E-state index in [0.717, 1.165) is 27.5 Å². The highest BCUT2D eigenvalue weighted by Crippen LogP contribution is 2.45. The minimum absolute atomic E-state index is 0.123. The first kappa shape index (κ1) is 22.6. The molecule has 0 aliphatic carbocycles. The van der Waals surface area contributed by atoms with Crippen LogP contribution in [0.25, 0.3) is 5.69 Å². The summed E-state index contributed by atoms with van der Waals surface area (Å²) < 4.78 is 2.12. The Morgan fingerprint density at radius 2 is 1.94 bits per heavy atom. The van der Waals surface area contributed by atoms with E-state index in [2.05, 4.69) is 39.2 Å². The van der Waals surface area contributed by atoms with E-state index in [9.17, 15) is 9.59 Å².